The number of carbonyl (C=O) groups excluding carboxylic acids is 2. The monoisotopic (exact) mass is 1120 g/mol. The molecule has 10 rings (SSSR count). The lowest BCUT2D eigenvalue weighted by atomic mass is 9.72. The van der Waals surface area contributed by atoms with Gasteiger partial charge in [-0.1, -0.05) is 36.4 Å². The Kier molecular flexibility index (Phi) is 15.9. The van der Waals surface area contributed by atoms with Gasteiger partial charge in [0.25, 0.3) is 0 Å². The van der Waals surface area contributed by atoms with E-state index in [2.05, 4.69) is 94.0 Å². The van der Waals surface area contributed by atoms with Crippen molar-refractivity contribution in [1.29, 1.82) is 0 Å². The molecule has 2 aromatic carbocycles. The number of rotatable bonds is 12. The van der Waals surface area contributed by atoms with Gasteiger partial charge in [-0.15, -0.1) is 20.4 Å². The van der Waals surface area contributed by atoms with Crippen LogP contribution in [0.5, 0.6) is 11.8 Å². The van der Waals surface area contributed by atoms with E-state index in [0.717, 1.165) is 86.1 Å². The van der Waals surface area contributed by atoms with Crippen LogP contribution in [0.3, 0.4) is 0 Å². The van der Waals surface area contributed by atoms with Crippen molar-refractivity contribution in [2.24, 2.45) is 16.6 Å². The fraction of sp³-hybridized carbons (Fsp3) is 0.360. The Balaban J connectivity index is 0.000000161. The second kappa shape index (κ2) is 22.1. The molecule has 0 saturated carbocycles. The third kappa shape index (κ3) is 13.6. The van der Waals surface area contributed by atoms with E-state index in [1.54, 1.807) is 38.1 Å². The van der Waals surface area contributed by atoms with E-state index in [1.807, 2.05) is 32.4 Å². The van der Waals surface area contributed by atoms with Gasteiger partial charge in [-0.05, 0) is 82.2 Å². The molecule has 4 fully saturated rings. The Morgan fingerprint density at radius 3 is 1.36 bits per heavy atom. The summed E-state index contributed by atoms with van der Waals surface area (Å²) in [6.45, 7) is 12.2. The second-order valence-electron chi connectivity index (χ2n) is 18.5. The first kappa shape index (κ1) is 52.4. The maximum absolute atomic E-state index is 12.6. The summed E-state index contributed by atoms with van der Waals surface area (Å²) in [5.74, 6) is 1.49. The van der Waals surface area contributed by atoms with Crippen LogP contribution >= 0.6 is 22.6 Å². The fourth-order valence-electron chi connectivity index (χ4n) is 8.67. The molecule has 0 bridgehead atoms. The van der Waals surface area contributed by atoms with Crippen molar-refractivity contribution in [3.05, 3.63) is 147 Å². The first-order chi connectivity index (χ1) is 34.8. The molecule has 2 amide bonds. The minimum Gasteiger partial charge on any atom is -0.472 e. The molecular formula is C50H51F6IN12O4. The molecule has 23 heteroatoms. The maximum Gasteiger partial charge on any atom is 0.433 e. The summed E-state index contributed by atoms with van der Waals surface area (Å²) < 4.78 is 86.1. The number of alkyl halides is 6. The largest absolute Gasteiger partial charge is 0.472 e. The van der Waals surface area contributed by atoms with Crippen LogP contribution in [0.25, 0.3) is 0 Å². The van der Waals surface area contributed by atoms with Crippen molar-refractivity contribution >= 4 is 51.6 Å². The Bertz CT molecular complexity index is 2780. The van der Waals surface area contributed by atoms with Crippen LogP contribution < -0.4 is 30.3 Å². The van der Waals surface area contributed by atoms with Crippen LogP contribution in [0.1, 0.15) is 47.5 Å². The predicted octanol–water partition coefficient (Wildman–Crippen LogP) is 7.64. The number of hydrogen-bond acceptors (Lipinski definition) is 14. The minimum atomic E-state index is -4.47. The van der Waals surface area contributed by atoms with Gasteiger partial charge in [-0.2, -0.15) is 26.3 Å². The van der Waals surface area contributed by atoms with Crippen LogP contribution in [-0.4, -0.2) is 104 Å². The standard InChI is InChI=1S/C25H25F3N6O2.C14H19N3O.C11H7F3IN3O/c1-17(35)33-13-24(14-33)15-34(16-24)20-5-2-18(3-6-20)10-30-22-8-9-23(32-31-22)36-12-19-4-7-21(29-11-19)25(26,27)28;1-11(18)16-7-14(8-16)9-17(10-14)13-4-2-12(6-15)3-5-13;12-11(13,14)8-2-1-7(5-16-8)6-19-10-4-3-9(15)17-18-10/h2-9,11H,10,12-16H2,1H3,(H,30,31);2-5H,6-10,15H2,1H3;1-5H,6H2. The van der Waals surface area contributed by atoms with Gasteiger partial charge < -0.3 is 40.1 Å². The summed E-state index contributed by atoms with van der Waals surface area (Å²) in [6, 6.07) is 28.0. The van der Waals surface area contributed by atoms with Gasteiger partial charge in [0.2, 0.25) is 23.6 Å². The molecule has 384 valence electrons. The van der Waals surface area contributed by atoms with Crippen molar-refractivity contribution in [1.82, 2.24) is 40.2 Å². The van der Waals surface area contributed by atoms with Crippen LogP contribution in [0.4, 0.5) is 43.5 Å². The molecule has 0 aliphatic carbocycles. The molecule has 16 nitrogen and oxygen atoms in total. The summed E-state index contributed by atoms with van der Waals surface area (Å²) in [5.41, 5.74) is 10.1. The average Bonchev–Trinajstić information content (AvgIpc) is 3.31. The Hall–Kier alpha value is -6.89. The first-order valence-electron chi connectivity index (χ1n) is 23.0. The molecule has 2 spiro atoms. The molecular weight excluding hydrogens is 1070 g/mol. The van der Waals surface area contributed by atoms with Crippen LogP contribution in [0.2, 0.25) is 0 Å². The third-order valence-electron chi connectivity index (χ3n) is 12.7. The number of amides is 2. The van der Waals surface area contributed by atoms with Crippen molar-refractivity contribution in [3.8, 4) is 11.8 Å². The summed E-state index contributed by atoms with van der Waals surface area (Å²) >= 11 is 2.00. The number of nitrogens with two attached hydrogens (primary N) is 1. The van der Waals surface area contributed by atoms with E-state index >= 15 is 0 Å². The third-order valence-corrected chi connectivity index (χ3v) is 13.2. The minimum absolute atomic E-state index is 0.0338. The van der Waals surface area contributed by atoms with Gasteiger partial charge in [0.05, 0.1) is 0 Å². The number of anilines is 3. The molecule has 0 radical (unpaired) electrons. The van der Waals surface area contributed by atoms with Crippen molar-refractivity contribution in [2.75, 3.05) is 67.5 Å². The molecule has 0 unspecified atom stereocenters. The predicted molar refractivity (Wildman–Crippen MR) is 266 cm³/mol. The second-order valence-corrected chi connectivity index (χ2v) is 19.6. The summed E-state index contributed by atoms with van der Waals surface area (Å²) in [5, 5.41) is 18.8. The molecule has 8 heterocycles. The van der Waals surface area contributed by atoms with Crippen molar-refractivity contribution < 1.29 is 45.4 Å². The molecule has 4 saturated heterocycles. The molecule has 4 aromatic heterocycles. The van der Waals surface area contributed by atoms with E-state index < -0.39 is 23.7 Å². The molecule has 4 aliphatic heterocycles. The molecule has 0 atom stereocenters. The highest BCUT2D eigenvalue weighted by molar-refractivity contribution is 14.1. The lowest BCUT2D eigenvalue weighted by Gasteiger charge is -2.60. The van der Waals surface area contributed by atoms with E-state index in [1.165, 1.54) is 29.1 Å². The fourth-order valence-corrected chi connectivity index (χ4v) is 8.95. The lowest BCUT2D eigenvalue weighted by Crippen LogP contribution is -2.72. The van der Waals surface area contributed by atoms with Crippen molar-refractivity contribution in [2.45, 2.75) is 52.5 Å². The summed E-state index contributed by atoms with van der Waals surface area (Å²) in [7, 11) is 0. The SMILES string of the molecule is CC(=O)N1CC2(C1)CN(c1ccc(CN)cc1)C2.CC(=O)N1CC2(C1)CN(c1ccc(CNc3ccc(OCc4ccc(C(F)(F)F)nc4)nn3)cc1)C2.FC(F)(F)c1ccc(COc2ccc(I)nn2)cn1. The number of likely N-dealkylation sites (tertiary alicyclic amines) is 2. The van der Waals surface area contributed by atoms with Gasteiger partial charge in [0, 0.05) is 137 Å². The summed E-state index contributed by atoms with van der Waals surface area (Å²) in [4.78, 5) is 37.8. The Morgan fingerprint density at radius 2 is 1.00 bits per heavy atom. The zero-order valence-corrected chi connectivity index (χ0v) is 41.9. The highest BCUT2D eigenvalue weighted by atomic mass is 127. The van der Waals surface area contributed by atoms with Crippen LogP contribution in [0, 0.1) is 14.5 Å². The topological polar surface area (TPSA) is 181 Å². The van der Waals surface area contributed by atoms with Gasteiger partial charge in [-0.25, -0.2) is 0 Å². The number of ether oxygens (including phenoxy) is 2. The number of nitrogens with one attached hydrogen (secondary N) is 1. The van der Waals surface area contributed by atoms with Gasteiger partial charge in [-0.3, -0.25) is 19.6 Å². The van der Waals surface area contributed by atoms with Gasteiger partial charge in [0.15, 0.2) is 0 Å². The van der Waals surface area contributed by atoms with E-state index in [-0.39, 0.29) is 36.3 Å². The average molecular weight is 1120 g/mol. The van der Waals surface area contributed by atoms with E-state index in [9.17, 15) is 35.9 Å². The lowest BCUT2D eigenvalue weighted by molar-refractivity contribution is -0.143. The number of nitrogens with zero attached hydrogens (tertiary/aromatic N) is 10. The van der Waals surface area contributed by atoms with Crippen LogP contribution in [0.15, 0.2) is 109 Å². The van der Waals surface area contributed by atoms with Crippen LogP contribution in [-0.2, 0) is 48.2 Å². The highest BCUT2D eigenvalue weighted by Gasteiger charge is 2.53. The smallest absolute Gasteiger partial charge is 0.433 e. The summed E-state index contributed by atoms with van der Waals surface area (Å²) in [6.07, 6.45) is -6.64. The molecule has 6 aromatic rings. The normalized spacial score (nSPS) is 16.1. The maximum atomic E-state index is 12.6. The first-order valence-corrected chi connectivity index (χ1v) is 24.1. The Morgan fingerprint density at radius 1 is 0.575 bits per heavy atom. The zero-order valence-electron chi connectivity index (χ0n) is 39.7. The zero-order chi connectivity index (χ0) is 52.0. The number of carbonyl (C=O) groups is 2. The Labute approximate surface area is 430 Å². The van der Waals surface area contributed by atoms with Gasteiger partial charge in [0.1, 0.15) is 34.1 Å². The molecule has 4 aliphatic rings. The number of aromatic nitrogens is 6. The molecule has 73 heavy (non-hydrogen) atoms. The quantitative estimate of drug-likeness (QED) is 0.0902. The van der Waals surface area contributed by atoms with E-state index in [4.69, 9.17) is 15.2 Å². The van der Waals surface area contributed by atoms with Crippen molar-refractivity contribution in [3.63, 3.8) is 0 Å². The number of benzene rings is 2. The number of pyridine rings is 2. The van der Waals surface area contributed by atoms with E-state index in [0.29, 0.717) is 41.3 Å². The van der Waals surface area contributed by atoms with Gasteiger partial charge >= 0.3 is 12.4 Å². The highest BCUT2D eigenvalue weighted by Crippen LogP contribution is 2.43. The molecule has 3 N–H and O–H groups in total. The number of halogens is 7. The number of hydrogen-bond donors (Lipinski definition) is 2.